The molecule has 0 N–H and O–H groups in total. The van der Waals surface area contributed by atoms with Gasteiger partial charge in [0.2, 0.25) is 0 Å². The molecule has 1 saturated heterocycles. The maximum atomic E-state index is 12.8. The van der Waals surface area contributed by atoms with Crippen molar-refractivity contribution in [2.24, 2.45) is 0 Å². The summed E-state index contributed by atoms with van der Waals surface area (Å²) in [4.78, 5) is 14.6. The third kappa shape index (κ3) is 5.09. The van der Waals surface area contributed by atoms with Gasteiger partial charge in [-0.3, -0.25) is 4.90 Å². The van der Waals surface area contributed by atoms with Crippen molar-refractivity contribution < 1.29 is 19.0 Å². The Morgan fingerprint density at radius 1 is 1.11 bits per heavy atom. The molecule has 7 nitrogen and oxygen atoms in total. The molecule has 2 unspecified atom stereocenters. The minimum Gasteiger partial charge on any atom is -0.453 e. The molecule has 1 aromatic heterocycles. The normalized spacial score (nSPS) is 28.7. The van der Waals surface area contributed by atoms with Gasteiger partial charge >= 0.3 is 6.09 Å². The van der Waals surface area contributed by atoms with Gasteiger partial charge in [-0.15, -0.1) is 0 Å². The lowest BCUT2D eigenvalue weighted by Gasteiger charge is -2.33. The summed E-state index contributed by atoms with van der Waals surface area (Å²) < 4.78 is 19.8. The lowest BCUT2D eigenvalue weighted by atomic mass is 9.83. The number of nitrogens with zero attached hydrogens (tertiary/aromatic N) is 3. The van der Waals surface area contributed by atoms with Crippen molar-refractivity contribution in [1.29, 1.82) is 0 Å². The van der Waals surface area contributed by atoms with Gasteiger partial charge < -0.3 is 14.2 Å². The van der Waals surface area contributed by atoms with E-state index in [2.05, 4.69) is 43.3 Å². The Labute approximate surface area is 214 Å². The van der Waals surface area contributed by atoms with Gasteiger partial charge in [0.25, 0.3) is 0 Å². The van der Waals surface area contributed by atoms with Crippen LogP contribution in [0.3, 0.4) is 0 Å². The number of carbonyl (C=O) groups excluding carboxylic acids is 1. The zero-order valence-corrected chi connectivity index (χ0v) is 21.8. The standard InChI is InChI=1S/C29H39N3O4/c1-20-18-30-32(27-11-7-8-16-35-27)28(20)25-17-21(2)31(29(33)34-3)26(25)19-36-24-14-12-23(13-15-24)22-9-5-4-6-10-22/h4-6,9-10,17-18,21,23-24,26-27H,7-8,11-16,19H2,1-3H3/t21-,23?,24?,26?,27?/m1/s1. The quantitative estimate of drug-likeness (QED) is 0.505. The largest absolute Gasteiger partial charge is 0.453 e. The molecule has 7 heteroatoms. The average Bonchev–Trinajstić information content (AvgIpc) is 3.47. The molecule has 2 aliphatic heterocycles. The summed E-state index contributed by atoms with van der Waals surface area (Å²) in [5.41, 5.74) is 4.63. The molecule has 194 valence electrons. The van der Waals surface area contributed by atoms with Crippen LogP contribution in [0.4, 0.5) is 4.79 Å². The minimum atomic E-state index is -0.326. The average molecular weight is 494 g/mol. The molecule has 2 fully saturated rings. The van der Waals surface area contributed by atoms with Crippen molar-refractivity contribution in [1.82, 2.24) is 14.7 Å². The first-order valence-corrected chi connectivity index (χ1v) is 13.5. The van der Waals surface area contributed by atoms with Gasteiger partial charge in [-0.05, 0) is 75.8 Å². The fraction of sp³-hybridized carbons (Fsp3) is 0.586. The second-order valence-electron chi connectivity index (χ2n) is 10.4. The monoisotopic (exact) mass is 493 g/mol. The molecule has 0 radical (unpaired) electrons. The number of benzene rings is 1. The summed E-state index contributed by atoms with van der Waals surface area (Å²) >= 11 is 0. The molecule has 1 aliphatic carbocycles. The zero-order valence-electron chi connectivity index (χ0n) is 21.8. The van der Waals surface area contributed by atoms with Crippen LogP contribution in [0.2, 0.25) is 0 Å². The smallest absolute Gasteiger partial charge is 0.410 e. The number of hydrogen-bond acceptors (Lipinski definition) is 5. The highest BCUT2D eigenvalue weighted by molar-refractivity contribution is 5.80. The third-order valence-electron chi connectivity index (χ3n) is 8.06. The second kappa shape index (κ2) is 11.2. The van der Waals surface area contributed by atoms with Crippen LogP contribution in [0.5, 0.6) is 0 Å². The number of methoxy groups -OCH3 is 1. The highest BCUT2D eigenvalue weighted by Crippen LogP contribution is 2.38. The van der Waals surface area contributed by atoms with E-state index in [1.807, 2.05) is 22.7 Å². The molecule has 36 heavy (non-hydrogen) atoms. The molecule has 5 rings (SSSR count). The van der Waals surface area contributed by atoms with Crippen LogP contribution >= 0.6 is 0 Å². The van der Waals surface area contributed by atoms with Crippen LogP contribution in [-0.2, 0) is 14.2 Å². The first kappa shape index (κ1) is 25.0. The molecule has 0 bridgehead atoms. The Hall–Kier alpha value is -2.64. The molecule has 1 aromatic carbocycles. The molecule has 0 spiro atoms. The summed E-state index contributed by atoms with van der Waals surface area (Å²) in [5.74, 6) is 0.604. The van der Waals surface area contributed by atoms with Crippen molar-refractivity contribution in [3.05, 3.63) is 59.4 Å². The fourth-order valence-electron chi connectivity index (χ4n) is 6.15. The molecular weight excluding hydrogens is 454 g/mol. The summed E-state index contributed by atoms with van der Waals surface area (Å²) in [6.07, 6.45) is 11.4. The van der Waals surface area contributed by atoms with E-state index in [1.54, 1.807) is 0 Å². The van der Waals surface area contributed by atoms with E-state index in [0.717, 1.165) is 68.4 Å². The number of carbonyl (C=O) groups is 1. The topological polar surface area (TPSA) is 65.8 Å². The summed E-state index contributed by atoms with van der Waals surface area (Å²) in [6.45, 7) is 5.32. The van der Waals surface area contributed by atoms with Crippen LogP contribution in [0.1, 0.15) is 80.8 Å². The van der Waals surface area contributed by atoms with Crippen LogP contribution in [0.15, 0.2) is 42.6 Å². The number of ether oxygens (including phenoxy) is 3. The number of aromatic nitrogens is 2. The van der Waals surface area contributed by atoms with Gasteiger partial charge in [0.15, 0.2) is 6.23 Å². The van der Waals surface area contributed by atoms with E-state index < -0.39 is 0 Å². The Balaban J connectivity index is 1.32. The van der Waals surface area contributed by atoms with Crippen molar-refractivity contribution in [3.63, 3.8) is 0 Å². The maximum Gasteiger partial charge on any atom is 0.410 e. The number of rotatable bonds is 6. The SMILES string of the molecule is COC(=O)N1C(COC2CCC(c3ccccc3)CC2)C(c2c(C)cnn2C2CCCCO2)=C[C@H]1C. The van der Waals surface area contributed by atoms with Gasteiger partial charge in [0.05, 0.1) is 43.8 Å². The lowest BCUT2D eigenvalue weighted by Crippen LogP contribution is -2.44. The van der Waals surface area contributed by atoms with Gasteiger partial charge in [-0.25, -0.2) is 9.48 Å². The van der Waals surface area contributed by atoms with E-state index in [0.29, 0.717) is 12.5 Å². The van der Waals surface area contributed by atoms with Crippen LogP contribution < -0.4 is 0 Å². The fourth-order valence-corrected chi connectivity index (χ4v) is 6.15. The molecule has 2 aromatic rings. The zero-order chi connectivity index (χ0) is 25.1. The van der Waals surface area contributed by atoms with Crippen LogP contribution in [-0.4, -0.2) is 59.3 Å². The number of aryl methyl sites for hydroxylation is 1. The highest BCUT2D eigenvalue weighted by Gasteiger charge is 2.40. The van der Waals surface area contributed by atoms with Crippen molar-refractivity contribution >= 4 is 11.7 Å². The van der Waals surface area contributed by atoms with Crippen LogP contribution in [0, 0.1) is 6.92 Å². The van der Waals surface area contributed by atoms with Gasteiger partial charge in [0.1, 0.15) is 0 Å². The van der Waals surface area contributed by atoms with E-state index >= 15 is 0 Å². The van der Waals surface area contributed by atoms with Crippen molar-refractivity contribution in [2.75, 3.05) is 20.3 Å². The predicted octanol–water partition coefficient (Wildman–Crippen LogP) is 5.86. The molecular formula is C29H39N3O4. The Morgan fingerprint density at radius 3 is 2.58 bits per heavy atom. The van der Waals surface area contributed by atoms with Crippen LogP contribution in [0.25, 0.3) is 5.57 Å². The molecule has 1 saturated carbocycles. The minimum absolute atomic E-state index is 0.0688. The van der Waals surface area contributed by atoms with Gasteiger partial charge in [-0.2, -0.15) is 5.10 Å². The van der Waals surface area contributed by atoms with Gasteiger partial charge in [-0.1, -0.05) is 36.4 Å². The maximum absolute atomic E-state index is 12.8. The molecule has 3 atom stereocenters. The first-order valence-electron chi connectivity index (χ1n) is 13.5. The summed E-state index contributed by atoms with van der Waals surface area (Å²) in [5, 5.41) is 4.70. The Bertz CT molecular complexity index is 1050. The number of amides is 1. The predicted molar refractivity (Wildman–Crippen MR) is 139 cm³/mol. The lowest BCUT2D eigenvalue weighted by molar-refractivity contribution is -0.0402. The van der Waals surface area contributed by atoms with Gasteiger partial charge in [0, 0.05) is 12.2 Å². The summed E-state index contributed by atoms with van der Waals surface area (Å²) in [7, 11) is 1.45. The Morgan fingerprint density at radius 2 is 1.89 bits per heavy atom. The van der Waals surface area contributed by atoms with E-state index in [1.165, 1.54) is 12.7 Å². The van der Waals surface area contributed by atoms with E-state index in [4.69, 9.17) is 19.3 Å². The third-order valence-corrected chi connectivity index (χ3v) is 8.06. The van der Waals surface area contributed by atoms with Crippen molar-refractivity contribution in [2.45, 2.75) is 89.1 Å². The first-order chi connectivity index (χ1) is 17.6. The molecule has 3 heterocycles. The van der Waals surface area contributed by atoms with Crippen molar-refractivity contribution in [3.8, 4) is 0 Å². The molecule has 3 aliphatic rings. The number of hydrogen-bond donors (Lipinski definition) is 0. The second-order valence-corrected chi connectivity index (χ2v) is 10.4. The highest BCUT2D eigenvalue weighted by atomic mass is 16.5. The van der Waals surface area contributed by atoms with E-state index in [-0.39, 0.29) is 30.5 Å². The van der Waals surface area contributed by atoms with E-state index in [9.17, 15) is 4.79 Å². The summed E-state index contributed by atoms with van der Waals surface area (Å²) in [6, 6.07) is 10.5. The Kier molecular flexibility index (Phi) is 7.77. The molecule has 1 amide bonds.